The van der Waals surface area contributed by atoms with Crippen molar-refractivity contribution in [1.82, 2.24) is 4.90 Å². The van der Waals surface area contributed by atoms with Gasteiger partial charge in [0.2, 0.25) is 0 Å². The van der Waals surface area contributed by atoms with E-state index in [9.17, 15) is 9.59 Å². The molecule has 0 unspecified atom stereocenters. The lowest BCUT2D eigenvalue weighted by atomic mass is 10.1. The summed E-state index contributed by atoms with van der Waals surface area (Å²) in [7, 11) is 4.69. The van der Waals surface area contributed by atoms with Crippen LogP contribution in [0.3, 0.4) is 0 Å². The Kier molecular flexibility index (Phi) is 7.11. The van der Waals surface area contributed by atoms with Crippen molar-refractivity contribution in [2.24, 2.45) is 0 Å². The summed E-state index contributed by atoms with van der Waals surface area (Å²) in [6, 6.07) is 5.25. The first-order chi connectivity index (χ1) is 12.4. The second-order valence-electron chi connectivity index (χ2n) is 6.05. The maximum Gasteiger partial charge on any atom is 0.267 e. The van der Waals surface area contributed by atoms with Crippen LogP contribution in [0.25, 0.3) is 5.57 Å². The lowest BCUT2D eigenvalue weighted by Crippen LogP contribution is -2.33. The van der Waals surface area contributed by atoms with Crippen molar-refractivity contribution in [2.75, 3.05) is 34.5 Å². The first-order valence-electron chi connectivity index (χ1n) is 8.43. The number of amides is 2. The van der Waals surface area contributed by atoms with Crippen molar-refractivity contribution in [1.29, 1.82) is 0 Å². The fraction of sp³-hybridized carbons (Fsp3) is 0.474. The SMILES string of the molecule is COCCCN1C(=O)C(SC(C)C)=C(c2ccc(OC)c(OC)c2)C1=O. The van der Waals surface area contributed by atoms with Gasteiger partial charge >= 0.3 is 0 Å². The molecule has 0 atom stereocenters. The van der Waals surface area contributed by atoms with Gasteiger partial charge in [-0.25, -0.2) is 0 Å². The number of imide groups is 1. The standard InChI is InChI=1S/C19H25NO5S/c1-12(2)26-17-16(13-7-8-14(24-4)15(11-13)25-5)18(21)20(19(17)22)9-6-10-23-3/h7-8,11-12H,6,9-10H2,1-5H3. The second kappa shape index (κ2) is 9.09. The number of hydrogen-bond acceptors (Lipinski definition) is 6. The Morgan fingerprint density at radius 2 is 1.73 bits per heavy atom. The normalized spacial score (nSPS) is 14.6. The van der Waals surface area contributed by atoms with E-state index in [-0.39, 0.29) is 17.1 Å². The van der Waals surface area contributed by atoms with Crippen LogP contribution in [-0.2, 0) is 14.3 Å². The van der Waals surface area contributed by atoms with Crippen molar-refractivity contribution in [2.45, 2.75) is 25.5 Å². The Hall–Kier alpha value is -1.99. The van der Waals surface area contributed by atoms with Crippen LogP contribution < -0.4 is 9.47 Å². The zero-order valence-electron chi connectivity index (χ0n) is 15.8. The molecule has 0 fully saturated rings. The molecule has 0 saturated carbocycles. The minimum absolute atomic E-state index is 0.177. The molecule has 26 heavy (non-hydrogen) atoms. The molecule has 0 spiro atoms. The van der Waals surface area contributed by atoms with Crippen LogP contribution in [0.2, 0.25) is 0 Å². The molecule has 0 radical (unpaired) electrons. The Bertz CT molecular complexity index is 714. The third kappa shape index (κ3) is 4.22. The number of nitrogens with zero attached hydrogens (tertiary/aromatic N) is 1. The lowest BCUT2D eigenvalue weighted by molar-refractivity contribution is -0.136. The van der Waals surface area contributed by atoms with Gasteiger partial charge < -0.3 is 14.2 Å². The number of benzene rings is 1. The highest BCUT2D eigenvalue weighted by Crippen LogP contribution is 2.40. The zero-order valence-corrected chi connectivity index (χ0v) is 16.6. The van der Waals surface area contributed by atoms with Crippen molar-refractivity contribution in [3.63, 3.8) is 0 Å². The van der Waals surface area contributed by atoms with E-state index >= 15 is 0 Å². The van der Waals surface area contributed by atoms with Gasteiger partial charge in [-0.1, -0.05) is 19.9 Å². The number of rotatable bonds is 9. The van der Waals surface area contributed by atoms with Gasteiger partial charge in [0.15, 0.2) is 11.5 Å². The van der Waals surface area contributed by atoms with E-state index in [0.717, 1.165) is 0 Å². The molecule has 6 nitrogen and oxygen atoms in total. The maximum absolute atomic E-state index is 13.0. The van der Waals surface area contributed by atoms with Crippen LogP contribution in [0.1, 0.15) is 25.8 Å². The summed E-state index contributed by atoms with van der Waals surface area (Å²) in [5.74, 6) is 0.573. The first kappa shape index (κ1) is 20.3. The monoisotopic (exact) mass is 379 g/mol. The predicted octanol–water partition coefficient (Wildman–Crippen LogP) is 2.96. The predicted molar refractivity (Wildman–Crippen MR) is 102 cm³/mol. The molecule has 0 N–H and O–H groups in total. The topological polar surface area (TPSA) is 65.1 Å². The minimum atomic E-state index is -0.276. The summed E-state index contributed by atoms with van der Waals surface area (Å²) < 4.78 is 15.6. The van der Waals surface area contributed by atoms with Gasteiger partial charge in [-0.15, -0.1) is 11.8 Å². The van der Waals surface area contributed by atoms with E-state index < -0.39 is 0 Å². The first-order valence-corrected chi connectivity index (χ1v) is 9.31. The van der Waals surface area contributed by atoms with Gasteiger partial charge in [0.25, 0.3) is 11.8 Å². The third-order valence-electron chi connectivity index (χ3n) is 3.88. The van der Waals surface area contributed by atoms with Crippen molar-refractivity contribution in [3.8, 4) is 11.5 Å². The van der Waals surface area contributed by atoms with Gasteiger partial charge in [0.05, 0.1) is 24.7 Å². The van der Waals surface area contributed by atoms with Crippen LogP contribution in [0, 0.1) is 0 Å². The van der Waals surface area contributed by atoms with Gasteiger partial charge in [0.1, 0.15) is 0 Å². The quantitative estimate of drug-likeness (QED) is 0.485. The Balaban J connectivity index is 2.45. The fourth-order valence-corrected chi connectivity index (χ4v) is 3.72. The molecule has 1 aliphatic heterocycles. The highest BCUT2D eigenvalue weighted by molar-refractivity contribution is 8.04. The van der Waals surface area contributed by atoms with Crippen LogP contribution in [0.4, 0.5) is 0 Å². The summed E-state index contributed by atoms with van der Waals surface area (Å²) in [6.45, 7) is 4.82. The highest BCUT2D eigenvalue weighted by Gasteiger charge is 2.39. The highest BCUT2D eigenvalue weighted by atomic mass is 32.2. The van der Waals surface area contributed by atoms with E-state index in [0.29, 0.717) is 47.1 Å². The number of methoxy groups -OCH3 is 3. The van der Waals surface area contributed by atoms with Gasteiger partial charge in [-0.2, -0.15) is 0 Å². The summed E-state index contributed by atoms with van der Waals surface area (Å²) >= 11 is 1.41. The molecule has 0 aliphatic carbocycles. The van der Waals surface area contributed by atoms with Gasteiger partial charge in [-0.05, 0) is 24.1 Å². The number of hydrogen-bond donors (Lipinski definition) is 0. The molecule has 1 aromatic carbocycles. The summed E-state index contributed by atoms with van der Waals surface area (Å²) in [5.41, 5.74) is 1.07. The van der Waals surface area contributed by atoms with Crippen molar-refractivity contribution < 1.29 is 23.8 Å². The number of ether oxygens (including phenoxy) is 3. The largest absolute Gasteiger partial charge is 0.493 e. The summed E-state index contributed by atoms with van der Waals surface area (Å²) in [5, 5.41) is 0.177. The van der Waals surface area contributed by atoms with E-state index in [1.54, 1.807) is 39.5 Å². The van der Waals surface area contributed by atoms with Gasteiger partial charge in [0, 0.05) is 25.5 Å². The smallest absolute Gasteiger partial charge is 0.267 e. The molecule has 0 saturated heterocycles. The molecule has 0 aromatic heterocycles. The molecular formula is C19H25NO5S. The average Bonchev–Trinajstić information content (AvgIpc) is 2.85. The third-order valence-corrected chi connectivity index (χ3v) is 4.97. The molecular weight excluding hydrogens is 354 g/mol. The van der Waals surface area contributed by atoms with Crippen LogP contribution in [0.5, 0.6) is 11.5 Å². The van der Waals surface area contributed by atoms with E-state index in [4.69, 9.17) is 14.2 Å². The van der Waals surface area contributed by atoms with Crippen LogP contribution in [-0.4, -0.2) is 56.4 Å². The molecule has 1 aromatic rings. The Labute approximate surface area is 158 Å². The summed E-state index contributed by atoms with van der Waals surface area (Å²) in [4.78, 5) is 27.6. The Morgan fingerprint density at radius 3 is 2.31 bits per heavy atom. The van der Waals surface area contributed by atoms with E-state index in [1.165, 1.54) is 16.7 Å². The van der Waals surface area contributed by atoms with Crippen LogP contribution in [0.15, 0.2) is 23.1 Å². The van der Waals surface area contributed by atoms with Crippen LogP contribution >= 0.6 is 11.8 Å². The minimum Gasteiger partial charge on any atom is -0.493 e. The average molecular weight is 379 g/mol. The van der Waals surface area contributed by atoms with E-state index in [2.05, 4.69) is 0 Å². The molecule has 2 rings (SSSR count). The molecule has 0 bridgehead atoms. The van der Waals surface area contributed by atoms with Crippen molar-refractivity contribution in [3.05, 3.63) is 28.7 Å². The molecule has 1 aliphatic rings. The maximum atomic E-state index is 13.0. The zero-order chi connectivity index (χ0) is 19.3. The Morgan fingerprint density at radius 1 is 1.04 bits per heavy atom. The number of carbonyl (C=O) groups is 2. The second-order valence-corrected chi connectivity index (χ2v) is 7.64. The van der Waals surface area contributed by atoms with Crippen molar-refractivity contribution >= 4 is 29.1 Å². The lowest BCUT2D eigenvalue weighted by Gasteiger charge is -2.15. The van der Waals surface area contributed by atoms with E-state index in [1.807, 2.05) is 13.8 Å². The molecule has 142 valence electrons. The van der Waals surface area contributed by atoms with Gasteiger partial charge in [-0.3, -0.25) is 14.5 Å². The number of carbonyl (C=O) groups excluding carboxylic acids is 2. The number of thioether (sulfide) groups is 1. The molecule has 7 heteroatoms. The summed E-state index contributed by atoms with van der Waals surface area (Å²) in [6.07, 6.45) is 0.604. The molecule has 1 heterocycles. The molecule has 2 amide bonds. The fourth-order valence-electron chi connectivity index (χ4n) is 2.72.